The van der Waals surface area contributed by atoms with Crippen LogP contribution in [0.1, 0.15) is 23.8 Å². The monoisotopic (exact) mass is 246 g/mol. The van der Waals surface area contributed by atoms with Crippen LogP contribution in [-0.2, 0) is 4.74 Å². The predicted octanol–water partition coefficient (Wildman–Crippen LogP) is 3.36. The number of hydrogen-bond donors (Lipinski definition) is 0. The summed E-state index contributed by atoms with van der Waals surface area (Å²) in [5.41, 5.74) is 0. The third-order valence-corrected chi connectivity index (χ3v) is 3.83. The number of ether oxygens (including phenoxy) is 1. The highest BCUT2D eigenvalue weighted by atomic mass is 79.9. The zero-order valence-electron chi connectivity index (χ0n) is 6.70. The highest BCUT2D eigenvalue weighted by Crippen LogP contribution is 2.35. The van der Waals surface area contributed by atoms with Crippen LogP contribution >= 0.6 is 27.3 Å². The van der Waals surface area contributed by atoms with Crippen LogP contribution in [0, 0.1) is 0 Å². The van der Waals surface area contributed by atoms with Gasteiger partial charge in [0.25, 0.3) is 0 Å². The lowest BCUT2D eigenvalue weighted by Crippen LogP contribution is -2.06. The molecule has 0 bridgehead atoms. The van der Waals surface area contributed by atoms with Crippen molar-refractivity contribution in [3.63, 3.8) is 0 Å². The Morgan fingerprint density at radius 1 is 1.58 bits per heavy atom. The predicted molar refractivity (Wildman–Crippen MR) is 55.0 cm³/mol. The highest BCUT2D eigenvalue weighted by Gasteiger charge is 2.25. The van der Waals surface area contributed by atoms with Crippen molar-refractivity contribution >= 4 is 27.3 Å². The first-order valence-electron chi connectivity index (χ1n) is 4.15. The van der Waals surface area contributed by atoms with Crippen LogP contribution < -0.4 is 0 Å². The SMILES string of the molecule is BrCC1CCC(c2cccs2)O1. The van der Waals surface area contributed by atoms with Gasteiger partial charge in [0.15, 0.2) is 0 Å². The van der Waals surface area contributed by atoms with Crippen molar-refractivity contribution in [1.82, 2.24) is 0 Å². The molecule has 0 amide bonds. The van der Waals surface area contributed by atoms with Crippen LogP contribution in [0.15, 0.2) is 17.5 Å². The number of thiophene rings is 1. The molecule has 0 aromatic carbocycles. The molecule has 1 aliphatic heterocycles. The summed E-state index contributed by atoms with van der Waals surface area (Å²) in [5, 5.41) is 3.08. The quantitative estimate of drug-likeness (QED) is 0.728. The van der Waals surface area contributed by atoms with Gasteiger partial charge in [-0.1, -0.05) is 22.0 Å². The van der Waals surface area contributed by atoms with Gasteiger partial charge < -0.3 is 4.74 Å². The maximum atomic E-state index is 5.82. The van der Waals surface area contributed by atoms with E-state index in [9.17, 15) is 0 Å². The lowest BCUT2D eigenvalue weighted by molar-refractivity contribution is 0.0610. The van der Waals surface area contributed by atoms with E-state index in [1.807, 2.05) is 0 Å². The summed E-state index contributed by atoms with van der Waals surface area (Å²) in [7, 11) is 0. The summed E-state index contributed by atoms with van der Waals surface area (Å²) >= 11 is 5.24. The smallest absolute Gasteiger partial charge is 0.0921 e. The second-order valence-electron chi connectivity index (χ2n) is 2.99. The molecular weight excluding hydrogens is 236 g/mol. The first-order valence-corrected chi connectivity index (χ1v) is 6.15. The second-order valence-corrected chi connectivity index (χ2v) is 4.62. The summed E-state index contributed by atoms with van der Waals surface area (Å²) in [6, 6.07) is 4.25. The molecule has 1 saturated heterocycles. The molecule has 2 heterocycles. The lowest BCUT2D eigenvalue weighted by atomic mass is 10.2. The number of rotatable bonds is 2. The molecule has 0 saturated carbocycles. The molecule has 2 rings (SSSR count). The molecule has 1 nitrogen and oxygen atoms in total. The summed E-state index contributed by atoms with van der Waals surface area (Å²) in [6.07, 6.45) is 3.16. The van der Waals surface area contributed by atoms with Gasteiger partial charge in [-0.05, 0) is 24.3 Å². The molecule has 1 aromatic rings. The lowest BCUT2D eigenvalue weighted by Gasteiger charge is -2.09. The van der Waals surface area contributed by atoms with E-state index in [1.54, 1.807) is 11.3 Å². The van der Waals surface area contributed by atoms with Gasteiger partial charge in [0.1, 0.15) is 0 Å². The Labute approximate surface area is 84.9 Å². The highest BCUT2D eigenvalue weighted by molar-refractivity contribution is 9.09. The normalized spacial score (nSPS) is 29.4. The van der Waals surface area contributed by atoms with Crippen molar-refractivity contribution in [1.29, 1.82) is 0 Å². The molecule has 0 radical (unpaired) electrons. The molecule has 0 spiro atoms. The first kappa shape index (κ1) is 8.73. The molecule has 1 fully saturated rings. The van der Waals surface area contributed by atoms with Crippen molar-refractivity contribution in [3.05, 3.63) is 22.4 Å². The van der Waals surface area contributed by atoms with E-state index in [1.165, 1.54) is 17.7 Å². The minimum atomic E-state index is 0.368. The Hall–Kier alpha value is 0.140. The van der Waals surface area contributed by atoms with E-state index >= 15 is 0 Å². The van der Waals surface area contributed by atoms with Crippen LogP contribution in [0.4, 0.5) is 0 Å². The van der Waals surface area contributed by atoms with Gasteiger partial charge >= 0.3 is 0 Å². The van der Waals surface area contributed by atoms with Gasteiger partial charge in [0.2, 0.25) is 0 Å². The van der Waals surface area contributed by atoms with Crippen LogP contribution in [0.25, 0.3) is 0 Å². The molecular formula is C9H11BrOS. The fourth-order valence-corrected chi connectivity index (χ4v) is 2.78. The van der Waals surface area contributed by atoms with Crippen LogP contribution in [0.5, 0.6) is 0 Å². The summed E-state index contributed by atoms with van der Waals surface area (Å²) in [6.45, 7) is 0. The van der Waals surface area contributed by atoms with Gasteiger partial charge in [-0.3, -0.25) is 0 Å². The van der Waals surface area contributed by atoms with Gasteiger partial charge in [-0.25, -0.2) is 0 Å². The average molecular weight is 247 g/mol. The molecule has 66 valence electrons. The number of halogens is 1. The van der Waals surface area contributed by atoms with Gasteiger partial charge in [0, 0.05) is 10.2 Å². The van der Waals surface area contributed by atoms with Crippen molar-refractivity contribution < 1.29 is 4.74 Å². The van der Waals surface area contributed by atoms with E-state index < -0.39 is 0 Å². The summed E-state index contributed by atoms with van der Waals surface area (Å²) in [4.78, 5) is 1.37. The topological polar surface area (TPSA) is 9.23 Å². The Morgan fingerprint density at radius 3 is 3.08 bits per heavy atom. The zero-order chi connectivity index (χ0) is 8.39. The third-order valence-electron chi connectivity index (χ3n) is 2.14. The Bertz CT molecular complexity index is 235. The zero-order valence-corrected chi connectivity index (χ0v) is 9.11. The standard InChI is InChI=1S/C9H11BrOS/c10-6-7-3-4-8(11-7)9-2-1-5-12-9/h1-2,5,7-8H,3-4,6H2. The maximum Gasteiger partial charge on any atom is 0.0921 e. The third kappa shape index (κ3) is 1.73. The first-order chi connectivity index (χ1) is 5.90. The maximum absolute atomic E-state index is 5.82. The minimum absolute atomic E-state index is 0.368. The minimum Gasteiger partial charge on any atom is -0.369 e. The Balaban J connectivity index is 2.00. The van der Waals surface area contributed by atoms with E-state index in [0.717, 1.165) is 5.33 Å². The molecule has 1 aliphatic rings. The molecule has 0 aliphatic carbocycles. The number of hydrogen-bond acceptors (Lipinski definition) is 2. The van der Waals surface area contributed by atoms with Gasteiger partial charge in [-0.15, -0.1) is 11.3 Å². The molecule has 2 atom stereocenters. The van der Waals surface area contributed by atoms with Gasteiger partial charge in [0.05, 0.1) is 12.2 Å². The molecule has 3 heteroatoms. The molecule has 12 heavy (non-hydrogen) atoms. The summed E-state index contributed by atoms with van der Waals surface area (Å²) < 4.78 is 5.82. The van der Waals surface area contributed by atoms with Crippen LogP contribution in [0.3, 0.4) is 0 Å². The van der Waals surface area contributed by atoms with E-state index in [0.29, 0.717) is 12.2 Å². The fraction of sp³-hybridized carbons (Fsp3) is 0.556. The molecule has 2 unspecified atom stereocenters. The van der Waals surface area contributed by atoms with Crippen LogP contribution in [0.2, 0.25) is 0 Å². The van der Waals surface area contributed by atoms with Crippen molar-refractivity contribution in [3.8, 4) is 0 Å². The molecule has 1 aromatic heterocycles. The largest absolute Gasteiger partial charge is 0.369 e. The van der Waals surface area contributed by atoms with E-state index in [2.05, 4.69) is 33.4 Å². The molecule has 0 N–H and O–H groups in total. The van der Waals surface area contributed by atoms with Crippen molar-refractivity contribution in [2.24, 2.45) is 0 Å². The average Bonchev–Trinajstić information content (AvgIpc) is 2.75. The van der Waals surface area contributed by atoms with E-state index in [4.69, 9.17) is 4.74 Å². The Kier molecular flexibility index (Phi) is 2.84. The second kappa shape index (κ2) is 3.90. The van der Waals surface area contributed by atoms with Crippen molar-refractivity contribution in [2.75, 3.05) is 5.33 Å². The Morgan fingerprint density at radius 2 is 2.50 bits per heavy atom. The van der Waals surface area contributed by atoms with Crippen molar-refractivity contribution in [2.45, 2.75) is 25.0 Å². The van der Waals surface area contributed by atoms with Crippen LogP contribution in [-0.4, -0.2) is 11.4 Å². The summed E-state index contributed by atoms with van der Waals surface area (Å²) in [5.74, 6) is 0. The van der Waals surface area contributed by atoms with Gasteiger partial charge in [-0.2, -0.15) is 0 Å². The number of alkyl halides is 1. The fourth-order valence-electron chi connectivity index (χ4n) is 1.50. The van der Waals surface area contributed by atoms with E-state index in [-0.39, 0.29) is 0 Å².